The van der Waals surface area contributed by atoms with Crippen LogP contribution in [0.4, 0.5) is 15.9 Å². The number of hydrogen-bond donors (Lipinski definition) is 1. The molecule has 0 atom stereocenters. The number of nitriles is 1. The van der Waals surface area contributed by atoms with E-state index < -0.39 is 11.7 Å². The smallest absolute Gasteiger partial charge is 0.462 e. The number of fused-ring (bicyclic) bond motifs is 2. The summed E-state index contributed by atoms with van der Waals surface area (Å²) >= 11 is 0. The van der Waals surface area contributed by atoms with Crippen LogP contribution in [-0.4, -0.2) is 80.7 Å². The number of halogens is 1. The third kappa shape index (κ3) is 8.33. The van der Waals surface area contributed by atoms with Crippen molar-refractivity contribution in [1.29, 1.82) is 5.26 Å². The molecule has 0 saturated carbocycles. The number of ether oxygens (including phenoxy) is 1. The zero-order valence-corrected chi connectivity index (χ0v) is 31.7. The summed E-state index contributed by atoms with van der Waals surface area (Å²) in [5, 5.41) is 9.82. The molecule has 2 aromatic carbocycles. The Balaban J connectivity index is 0.00000116. The standard InChI is InChI=1S/C29H35FN6O2.C2H3N.Cs/c1-20-7-5-8-22-9-6-10-25(26(20)22)36-12-11-23-24(19-36)31-29(38-18-17-33(3)4)32-27(23)34-13-15-35(16-14-34)28(37)21(2)30;1-2-3;/h5-10H,2,11-19H2,1,3-4H3;1H3;/q;;+1/p+1. The minimum atomic E-state index is -0.881. The fourth-order valence-electron chi connectivity index (χ4n) is 5.42. The first-order chi connectivity index (χ1) is 19.7. The number of anilines is 2. The maximum Gasteiger partial charge on any atom is 1.00 e. The summed E-state index contributed by atoms with van der Waals surface area (Å²) in [5.74, 6) is -0.564. The van der Waals surface area contributed by atoms with E-state index >= 15 is 0 Å². The molecule has 1 aromatic heterocycles. The second kappa shape index (κ2) is 16.2. The van der Waals surface area contributed by atoms with Crippen LogP contribution >= 0.6 is 0 Å². The number of piperazine rings is 1. The van der Waals surface area contributed by atoms with Crippen molar-refractivity contribution in [2.75, 3.05) is 69.8 Å². The molecule has 9 nitrogen and oxygen atoms in total. The zero-order valence-electron chi connectivity index (χ0n) is 25.4. The van der Waals surface area contributed by atoms with Gasteiger partial charge in [0.1, 0.15) is 25.5 Å². The minimum absolute atomic E-state index is 0. The van der Waals surface area contributed by atoms with Crippen LogP contribution < -0.4 is 88.3 Å². The van der Waals surface area contributed by atoms with Gasteiger partial charge in [-0.15, -0.1) is 0 Å². The number of nitrogens with zero attached hydrogens (tertiary/aromatic N) is 6. The summed E-state index contributed by atoms with van der Waals surface area (Å²) < 4.78 is 19.4. The summed E-state index contributed by atoms with van der Waals surface area (Å²) in [4.78, 5) is 29.1. The summed E-state index contributed by atoms with van der Waals surface area (Å²) in [5.41, 5.74) is 4.56. The van der Waals surface area contributed by atoms with E-state index in [1.54, 1.807) is 6.07 Å². The monoisotopic (exact) mass is 693 g/mol. The molecule has 3 heterocycles. The summed E-state index contributed by atoms with van der Waals surface area (Å²) in [7, 11) is 4.00. The van der Waals surface area contributed by atoms with Crippen molar-refractivity contribution in [3.05, 3.63) is 65.6 Å². The Kier molecular flexibility index (Phi) is 13.3. The molecule has 3 aromatic rings. The van der Waals surface area contributed by atoms with Crippen molar-refractivity contribution < 1.29 is 87.7 Å². The summed E-state index contributed by atoms with van der Waals surface area (Å²) in [6.45, 7) is 11.7. The van der Waals surface area contributed by atoms with Gasteiger partial charge in [0, 0.05) is 36.7 Å². The molecular weight excluding hydrogens is 654 g/mol. The van der Waals surface area contributed by atoms with Gasteiger partial charge >= 0.3 is 80.8 Å². The predicted octanol–water partition coefficient (Wildman–Crippen LogP) is -0.310. The molecule has 2 aliphatic heterocycles. The van der Waals surface area contributed by atoms with Gasteiger partial charge in [-0.1, -0.05) is 36.9 Å². The minimum Gasteiger partial charge on any atom is -0.462 e. The van der Waals surface area contributed by atoms with Crippen LogP contribution in [0.25, 0.3) is 10.8 Å². The average Bonchev–Trinajstić information content (AvgIpc) is 2.96. The Morgan fingerprint density at radius 3 is 2.45 bits per heavy atom. The van der Waals surface area contributed by atoms with Crippen LogP contribution in [0, 0.1) is 18.3 Å². The number of nitrogens with one attached hydrogen (secondary N) is 1. The van der Waals surface area contributed by atoms with Crippen molar-refractivity contribution >= 4 is 28.2 Å². The number of rotatable bonds is 7. The number of amides is 1. The van der Waals surface area contributed by atoms with E-state index in [1.165, 1.54) is 28.9 Å². The molecular formula is C31H39CsFN7O2+2. The van der Waals surface area contributed by atoms with Crippen molar-refractivity contribution in [1.82, 2.24) is 14.9 Å². The summed E-state index contributed by atoms with van der Waals surface area (Å²) in [6, 6.07) is 15.0. The van der Waals surface area contributed by atoms with Gasteiger partial charge in [-0.25, -0.2) is 4.79 Å². The van der Waals surface area contributed by atoms with Crippen LogP contribution in [0.2, 0.25) is 0 Å². The van der Waals surface area contributed by atoms with Crippen molar-refractivity contribution in [3.63, 3.8) is 0 Å². The van der Waals surface area contributed by atoms with Crippen molar-refractivity contribution in [2.45, 2.75) is 26.8 Å². The number of benzene rings is 2. The molecule has 1 amide bonds. The maximum atomic E-state index is 13.4. The number of carbonyl (C=O) groups is 1. The van der Waals surface area contributed by atoms with Gasteiger partial charge in [-0.05, 0) is 44.5 Å². The first kappa shape index (κ1) is 34.5. The fraction of sp³-hybridized carbons (Fsp3) is 0.419. The number of aryl methyl sites for hydroxylation is 1. The van der Waals surface area contributed by atoms with Crippen LogP contribution in [-0.2, 0) is 17.8 Å². The second-order valence-electron chi connectivity index (χ2n) is 10.6. The molecule has 0 unspecified atom stereocenters. The Labute approximate surface area is 306 Å². The third-order valence-corrected chi connectivity index (χ3v) is 7.46. The molecule has 5 rings (SSSR count). The van der Waals surface area contributed by atoms with Crippen LogP contribution in [0.5, 0.6) is 6.01 Å². The normalized spacial score (nSPS) is 14.8. The van der Waals surface area contributed by atoms with Crippen LogP contribution in [0.1, 0.15) is 23.7 Å². The first-order valence-electron chi connectivity index (χ1n) is 13.9. The molecule has 1 N–H and O–H groups in total. The molecule has 42 heavy (non-hydrogen) atoms. The quantitative estimate of drug-likeness (QED) is 0.338. The number of quaternary nitrogens is 1. The van der Waals surface area contributed by atoms with Gasteiger partial charge in [0.25, 0.3) is 0 Å². The van der Waals surface area contributed by atoms with Crippen LogP contribution in [0.15, 0.2) is 48.8 Å². The molecule has 2 aliphatic rings. The molecule has 0 aliphatic carbocycles. The molecule has 11 heteroatoms. The maximum absolute atomic E-state index is 13.4. The molecule has 0 spiro atoms. The van der Waals surface area contributed by atoms with E-state index in [4.69, 9.17) is 20.0 Å². The first-order valence-corrected chi connectivity index (χ1v) is 13.9. The Morgan fingerprint density at radius 1 is 1.14 bits per heavy atom. The summed E-state index contributed by atoms with van der Waals surface area (Å²) in [6.07, 6.45) is 0.804. The third-order valence-electron chi connectivity index (χ3n) is 7.46. The van der Waals surface area contributed by atoms with Gasteiger partial charge in [-0.2, -0.15) is 19.6 Å². The Bertz CT molecular complexity index is 1450. The number of hydrogen-bond acceptors (Lipinski definition) is 8. The topological polar surface area (TPSA) is 90.0 Å². The van der Waals surface area contributed by atoms with E-state index in [-0.39, 0.29) is 68.9 Å². The largest absolute Gasteiger partial charge is 1.00 e. The van der Waals surface area contributed by atoms with Gasteiger partial charge in [0.05, 0.1) is 31.4 Å². The molecule has 0 radical (unpaired) electrons. The predicted molar refractivity (Wildman–Crippen MR) is 159 cm³/mol. The molecule has 1 saturated heterocycles. The van der Waals surface area contributed by atoms with Gasteiger partial charge in [-0.3, -0.25) is 4.90 Å². The van der Waals surface area contributed by atoms with Crippen molar-refractivity contribution in [2.24, 2.45) is 0 Å². The number of likely N-dealkylation sites (N-methyl/N-ethyl adjacent to an activating group) is 1. The van der Waals surface area contributed by atoms with Crippen molar-refractivity contribution in [3.8, 4) is 12.1 Å². The Morgan fingerprint density at radius 2 is 1.81 bits per heavy atom. The van der Waals surface area contributed by atoms with Gasteiger partial charge < -0.3 is 19.4 Å². The second-order valence-corrected chi connectivity index (χ2v) is 10.6. The number of carbonyl (C=O) groups excluding carboxylic acids is 1. The van der Waals surface area contributed by atoms with E-state index in [0.29, 0.717) is 50.2 Å². The van der Waals surface area contributed by atoms with E-state index in [2.05, 4.69) is 64.6 Å². The van der Waals surface area contributed by atoms with E-state index in [0.717, 1.165) is 36.6 Å². The fourth-order valence-corrected chi connectivity index (χ4v) is 5.42. The van der Waals surface area contributed by atoms with E-state index in [1.807, 2.05) is 14.1 Å². The van der Waals surface area contributed by atoms with Gasteiger partial charge in [0.2, 0.25) is 5.83 Å². The molecule has 216 valence electrons. The average molecular weight is 694 g/mol. The van der Waals surface area contributed by atoms with E-state index in [9.17, 15) is 9.18 Å². The Hall–Kier alpha value is -2.02. The molecule has 1 fully saturated rings. The van der Waals surface area contributed by atoms with Crippen LogP contribution in [0.3, 0.4) is 0 Å². The number of aromatic nitrogens is 2. The SMILES string of the molecule is C=C(F)C(=O)[NH+]1CCN(c2nc(OCCN(C)C)nc3c2CCN(c2cccc4cccc(C)c24)C3)CC1.CC#N.[Cs+]. The zero-order chi connectivity index (χ0) is 29.5. The van der Waals surface area contributed by atoms with Gasteiger partial charge in [0.15, 0.2) is 0 Å². The molecule has 0 bridgehead atoms.